The first-order valence-corrected chi connectivity index (χ1v) is 12.0. The van der Waals surface area contributed by atoms with Gasteiger partial charge in [-0.15, -0.1) is 0 Å². The number of fused-ring (bicyclic) bond motifs is 1. The molecule has 0 spiro atoms. The molecule has 5 rings (SSSR count). The lowest BCUT2D eigenvalue weighted by Crippen LogP contribution is -2.54. The maximum atomic E-state index is 13.1. The maximum Gasteiger partial charge on any atom is 0.335 e. The molecule has 0 aliphatic carbocycles. The number of ether oxygens (including phenoxy) is 3. The molecule has 0 radical (unpaired) electrons. The van der Waals surface area contributed by atoms with Gasteiger partial charge < -0.3 is 14.2 Å². The summed E-state index contributed by atoms with van der Waals surface area (Å²) in [6.07, 6.45) is 1.38. The van der Waals surface area contributed by atoms with Gasteiger partial charge in [-0.25, -0.2) is 9.69 Å². The number of nitrogens with one attached hydrogen (secondary N) is 1. The molecule has 0 unspecified atom stereocenters. The Morgan fingerprint density at radius 2 is 1.81 bits per heavy atom. The van der Waals surface area contributed by atoms with E-state index in [9.17, 15) is 14.4 Å². The number of halogens is 2. The molecule has 2 heterocycles. The second-order valence-electron chi connectivity index (χ2n) is 8.08. The molecule has 0 bridgehead atoms. The molecule has 0 atom stereocenters. The van der Waals surface area contributed by atoms with E-state index in [-0.39, 0.29) is 24.0 Å². The summed E-state index contributed by atoms with van der Waals surface area (Å²) in [6, 6.07) is 14.8. The van der Waals surface area contributed by atoms with Gasteiger partial charge in [0.15, 0.2) is 17.2 Å². The molecule has 1 N–H and O–H groups in total. The van der Waals surface area contributed by atoms with Crippen LogP contribution in [0.3, 0.4) is 0 Å². The van der Waals surface area contributed by atoms with Gasteiger partial charge >= 0.3 is 6.03 Å². The van der Waals surface area contributed by atoms with Crippen LogP contribution >= 0.6 is 27.5 Å². The third-order valence-corrected chi connectivity index (χ3v) is 6.42. The highest BCUT2D eigenvalue weighted by molar-refractivity contribution is 9.10. The number of urea groups is 1. The number of carbonyl (C=O) groups excluding carboxylic acids is 3. The number of hydrogen-bond acceptors (Lipinski definition) is 6. The standard InChI is InChI=1S/C26H18BrClN2O6/c1-14-2-5-17(6-3-14)30-25(32)18(24(31)29-26(30)33)8-16-9-19(27)23(20(28)10-16)34-12-15-4-7-21-22(11-15)36-13-35-21/h2-11H,12-13H2,1H3,(H,29,31,33)/b18-8+. The molecule has 3 aromatic rings. The van der Waals surface area contributed by atoms with E-state index >= 15 is 0 Å². The number of barbiturate groups is 1. The van der Waals surface area contributed by atoms with Crippen LogP contribution in [0.1, 0.15) is 16.7 Å². The van der Waals surface area contributed by atoms with E-state index in [0.29, 0.717) is 33.0 Å². The Balaban J connectivity index is 1.38. The Kier molecular flexibility index (Phi) is 6.42. The summed E-state index contributed by atoms with van der Waals surface area (Å²) >= 11 is 9.92. The third-order valence-electron chi connectivity index (χ3n) is 5.55. The summed E-state index contributed by atoms with van der Waals surface area (Å²) in [7, 11) is 0. The quantitative estimate of drug-likeness (QED) is 0.327. The molecule has 1 fully saturated rings. The predicted molar refractivity (Wildman–Crippen MR) is 136 cm³/mol. The van der Waals surface area contributed by atoms with E-state index in [1.165, 1.54) is 6.08 Å². The minimum atomic E-state index is -0.808. The fourth-order valence-electron chi connectivity index (χ4n) is 3.74. The van der Waals surface area contributed by atoms with Gasteiger partial charge in [0.25, 0.3) is 11.8 Å². The normalized spacial score (nSPS) is 15.9. The monoisotopic (exact) mass is 568 g/mol. The number of nitrogens with zero attached hydrogens (tertiary/aromatic N) is 1. The smallest absolute Gasteiger partial charge is 0.335 e. The van der Waals surface area contributed by atoms with Crippen molar-refractivity contribution in [1.82, 2.24) is 5.32 Å². The molecule has 1 saturated heterocycles. The van der Waals surface area contributed by atoms with Crippen molar-refractivity contribution < 1.29 is 28.6 Å². The summed E-state index contributed by atoms with van der Waals surface area (Å²) in [6.45, 7) is 2.30. The molecule has 182 valence electrons. The zero-order valence-electron chi connectivity index (χ0n) is 18.8. The number of benzene rings is 3. The summed E-state index contributed by atoms with van der Waals surface area (Å²) in [5.74, 6) is 0.204. The van der Waals surface area contributed by atoms with Gasteiger partial charge in [-0.1, -0.05) is 35.4 Å². The Hall–Kier alpha value is -3.82. The van der Waals surface area contributed by atoms with E-state index < -0.39 is 17.8 Å². The summed E-state index contributed by atoms with van der Waals surface area (Å²) in [5, 5.41) is 2.48. The molecule has 2 aliphatic heterocycles. The Morgan fingerprint density at radius 1 is 1.06 bits per heavy atom. The minimum absolute atomic E-state index is 0.186. The molecule has 0 aromatic heterocycles. The fourth-order valence-corrected chi connectivity index (χ4v) is 4.73. The molecule has 2 aliphatic rings. The number of aryl methyl sites for hydroxylation is 1. The molecule has 4 amide bonds. The van der Waals surface area contributed by atoms with Gasteiger partial charge in [-0.05, 0) is 76.5 Å². The van der Waals surface area contributed by atoms with Crippen molar-refractivity contribution >= 4 is 57.1 Å². The van der Waals surface area contributed by atoms with E-state index in [0.717, 1.165) is 16.0 Å². The molecule has 0 saturated carbocycles. The number of hydrogen-bond donors (Lipinski definition) is 1. The number of carbonyl (C=O) groups is 3. The number of imide groups is 2. The van der Waals surface area contributed by atoms with Crippen LogP contribution in [-0.4, -0.2) is 24.6 Å². The minimum Gasteiger partial charge on any atom is -0.486 e. The van der Waals surface area contributed by atoms with Crippen molar-refractivity contribution in [2.24, 2.45) is 0 Å². The molecule has 10 heteroatoms. The van der Waals surface area contributed by atoms with Crippen LogP contribution < -0.4 is 24.4 Å². The molecule has 36 heavy (non-hydrogen) atoms. The van der Waals surface area contributed by atoms with Crippen LogP contribution in [0.2, 0.25) is 5.02 Å². The molecular formula is C26H18BrClN2O6. The van der Waals surface area contributed by atoms with Crippen molar-refractivity contribution in [2.45, 2.75) is 13.5 Å². The SMILES string of the molecule is Cc1ccc(N2C(=O)NC(=O)/C(=C\c3cc(Cl)c(OCc4ccc5c(c4)OCO5)c(Br)c3)C2=O)cc1. The van der Waals surface area contributed by atoms with Gasteiger partial charge in [0.1, 0.15) is 12.2 Å². The Labute approximate surface area is 219 Å². The topological polar surface area (TPSA) is 94.2 Å². The van der Waals surface area contributed by atoms with Crippen LogP contribution in [0.4, 0.5) is 10.5 Å². The van der Waals surface area contributed by atoms with Gasteiger partial charge in [0.05, 0.1) is 15.2 Å². The van der Waals surface area contributed by atoms with Crippen molar-refractivity contribution in [2.75, 3.05) is 11.7 Å². The first kappa shape index (κ1) is 23.9. The zero-order chi connectivity index (χ0) is 25.4. The number of rotatable bonds is 5. The first-order valence-electron chi connectivity index (χ1n) is 10.8. The highest BCUT2D eigenvalue weighted by Crippen LogP contribution is 2.37. The number of amides is 4. The average Bonchev–Trinajstić information content (AvgIpc) is 3.30. The Bertz CT molecular complexity index is 1410. The number of anilines is 1. The van der Waals surface area contributed by atoms with E-state index in [4.69, 9.17) is 25.8 Å². The maximum absolute atomic E-state index is 13.1. The lowest BCUT2D eigenvalue weighted by molar-refractivity contribution is -0.122. The highest BCUT2D eigenvalue weighted by atomic mass is 79.9. The lowest BCUT2D eigenvalue weighted by Gasteiger charge is -2.26. The van der Waals surface area contributed by atoms with Crippen molar-refractivity contribution in [3.8, 4) is 17.2 Å². The lowest BCUT2D eigenvalue weighted by atomic mass is 10.1. The van der Waals surface area contributed by atoms with Gasteiger partial charge in [0, 0.05) is 0 Å². The molecular weight excluding hydrogens is 552 g/mol. The van der Waals surface area contributed by atoms with E-state index in [1.54, 1.807) is 36.4 Å². The van der Waals surface area contributed by atoms with Crippen LogP contribution in [-0.2, 0) is 16.2 Å². The van der Waals surface area contributed by atoms with Crippen molar-refractivity contribution in [3.05, 3.63) is 86.4 Å². The van der Waals surface area contributed by atoms with E-state index in [2.05, 4.69) is 21.2 Å². The highest BCUT2D eigenvalue weighted by Gasteiger charge is 2.36. The molecule has 8 nitrogen and oxygen atoms in total. The Morgan fingerprint density at radius 3 is 2.56 bits per heavy atom. The van der Waals surface area contributed by atoms with Gasteiger partial charge in [-0.3, -0.25) is 14.9 Å². The molecule has 3 aromatic carbocycles. The van der Waals surface area contributed by atoms with Gasteiger partial charge in [-0.2, -0.15) is 0 Å². The average molecular weight is 570 g/mol. The summed E-state index contributed by atoms with van der Waals surface area (Å²) < 4.78 is 17.1. The second-order valence-corrected chi connectivity index (χ2v) is 9.34. The zero-order valence-corrected chi connectivity index (χ0v) is 21.2. The summed E-state index contributed by atoms with van der Waals surface area (Å²) in [5.41, 5.74) is 2.45. The van der Waals surface area contributed by atoms with Crippen LogP contribution in [0.25, 0.3) is 6.08 Å². The van der Waals surface area contributed by atoms with Crippen LogP contribution in [0.15, 0.2) is 64.6 Å². The summed E-state index contributed by atoms with van der Waals surface area (Å²) in [4.78, 5) is 38.9. The van der Waals surface area contributed by atoms with Crippen LogP contribution in [0, 0.1) is 6.92 Å². The van der Waals surface area contributed by atoms with Gasteiger partial charge in [0.2, 0.25) is 6.79 Å². The van der Waals surface area contributed by atoms with E-state index in [1.807, 2.05) is 25.1 Å². The van der Waals surface area contributed by atoms with Crippen LogP contribution in [0.5, 0.6) is 17.2 Å². The largest absolute Gasteiger partial charge is 0.486 e. The first-order chi connectivity index (χ1) is 17.3. The third kappa shape index (κ3) is 4.67. The fraction of sp³-hybridized carbons (Fsp3) is 0.115. The van der Waals surface area contributed by atoms with Crippen molar-refractivity contribution in [3.63, 3.8) is 0 Å². The van der Waals surface area contributed by atoms with Crippen molar-refractivity contribution in [1.29, 1.82) is 0 Å². The predicted octanol–water partition coefficient (Wildman–Crippen LogP) is 5.39. The second kappa shape index (κ2) is 9.67.